The maximum atomic E-state index is 12.2. The molecule has 0 aromatic heterocycles. The van der Waals surface area contributed by atoms with Crippen LogP contribution in [0.1, 0.15) is 32.6 Å². The van der Waals surface area contributed by atoms with Crippen molar-refractivity contribution in [2.75, 3.05) is 6.54 Å². The third kappa shape index (κ3) is 1.98. The van der Waals surface area contributed by atoms with E-state index in [0.29, 0.717) is 0 Å². The molecule has 2 atom stereocenters. The van der Waals surface area contributed by atoms with Crippen LogP contribution in [0.2, 0.25) is 6.82 Å². The highest BCUT2D eigenvalue weighted by Gasteiger charge is 2.49. The molecule has 1 heterocycles. The van der Waals surface area contributed by atoms with Crippen molar-refractivity contribution in [2.45, 2.75) is 51.4 Å². The van der Waals surface area contributed by atoms with Crippen molar-refractivity contribution < 1.29 is 9.82 Å². The van der Waals surface area contributed by atoms with Gasteiger partial charge in [0.15, 0.2) is 0 Å². The summed E-state index contributed by atoms with van der Waals surface area (Å²) in [6.07, 6.45) is 3.97. The Kier molecular flexibility index (Phi) is 3.01. The minimum absolute atomic E-state index is 0.0168. The van der Waals surface area contributed by atoms with Gasteiger partial charge in [-0.05, 0) is 31.1 Å². The summed E-state index contributed by atoms with van der Waals surface area (Å²) in [6, 6.07) is -0.383. The number of nitrogens with zero attached hydrogens (tertiary/aromatic N) is 1. The number of hydrogen-bond donors (Lipinski definition) is 2. The van der Waals surface area contributed by atoms with Gasteiger partial charge < -0.3 is 15.7 Å². The van der Waals surface area contributed by atoms with E-state index in [2.05, 4.69) is 6.92 Å². The topological polar surface area (TPSA) is 66.6 Å². The van der Waals surface area contributed by atoms with E-state index in [0.717, 1.165) is 32.2 Å². The quantitative estimate of drug-likeness (QED) is 0.675. The first kappa shape index (κ1) is 11.9. The maximum absolute atomic E-state index is 12.2. The summed E-state index contributed by atoms with van der Waals surface area (Å²) in [4.78, 5) is 14.0. The summed E-state index contributed by atoms with van der Waals surface area (Å²) in [7, 11) is 0. The molecule has 0 aromatic rings. The third-order valence-corrected chi connectivity index (χ3v) is 4.19. The van der Waals surface area contributed by atoms with Crippen LogP contribution in [0, 0.1) is 5.41 Å². The molecule has 1 aliphatic carbocycles. The zero-order valence-electron chi connectivity index (χ0n) is 10.1. The van der Waals surface area contributed by atoms with Crippen molar-refractivity contribution in [3.05, 3.63) is 0 Å². The Bertz CT molecular complexity index is 292. The van der Waals surface area contributed by atoms with Gasteiger partial charge in [0.25, 0.3) is 0 Å². The van der Waals surface area contributed by atoms with E-state index in [1.807, 2.05) is 0 Å². The van der Waals surface area contributed by atoms with Crippen LogP contribution in [0.5, 0.6) is 0 Å². The number of rotatable bonds is 3. The van der Waals surface area contributed by atoms with Crippen LogP contribution >= 0.6 is 0 Å². The highest BCUT2D eigenvalue weighted by molar-refractivity contribution is 6.51. The van der Waals surface area contributed by atoms with E-state index in [1.54, 1.807) is 11.7 Å². The Balaban J connectivity index is 2.03. The lowest BCUT2D eigenvalue weighted by atomic mass is 9.62. The van der Waals surface area contributed by atoms with Gasteiger partial charge in [-0.25, -0.2) is 0 Å². The molecule has 1 amide bonds. The van der Waals surface area contributed by atoms with Gasteiger partial charge in [0.1, 0.15) is 0 Å². The number of carbonyl (C=O) groups is 1. The molecule has 90 valence electrons. The van der Waals surface area contributed by atoms with Gasteiger partial charge in [-0.3, -0.25) is 4.79 Å². The van der Waals surface area contributed by atoms with Crippen LogP contribution in [0.15, 0.2) is 0 Å². The highest BCUT2D eigenvalue weighted by Crippen LogP contribution is 2.48. The van der Waals surface area contributed by atoms with Crippen molar-refractivity contribution in [1.29, 1.82) is 0 Å². The van der Waals surface area contributed by atoms with Gasteiger partial charge >= 0.3 is 6.92 Å². The van der Waals surface area contributed by atoms with E-state index in [4.69, 9.17) is 5.73 Å². The predicted molar refractivity (Wildman–Crippen MR) is 63.9 cm³/mol. The number of likely N-dealkylation sites (tertiary alicyclic amines) is 1. The second-order valence-corrected chi connectivity index (χ2v) is 5.61. The minimum atomic E-state index is -0.453. The average molecular weight is 224 g/mol. The molecule has 2 fully saturated rings. The van der Waals surface area contributed by atoms with Crippen LogP contribution in [0.4, 0.5) is 0 Å². The summed E-state index contributed by atoms with van der Waals surface area (Å²) in [5.74, 6) is 0.00398. The number of hydrogen-bond acceptors (Lipinski definition) is 3. The first-order valence-corrected chi connectivity index (χ1v) is 6.20. The maximum Gasteiger partial charge on any atom is 0.309 e. The van der Waals surface area contributed by atoms with E-state index < -0.39 is 6.92 Å². The molecule has 5 heteroatoms. The fraction of sp³-hybridized carbons (Fsp3) is 0.909. The number of nitrogens with two attached hydrogens (primary N) is 1. The molecule has 0 radical (unpaired) electrons. The first-order chi connectivity index (χ1) is 7.46. The zero-order valence-corrected chi connectivity index (χ0v) is 10.1. The summed E-state index contributed by atoms with van der Waals surface area (Å²) in [5, 5.41) is 9.64. The largest absolute Gasteiger partial charge is 0.449 e. The molecule has 2 aliphatic rings. The molecule has 4 nitrogen and oxygen atoms in total. The fourth-order valence-corrected chi connectivity index (χ4v) is 2.55. The van der Waals surface area contributed by atoms with Gasteiger partial charge in [0, 0.05) is 12.5 Å². The monoisotopic (exact) mass is 224 g/mol. The molecule has 1 saturated carbocycles. The third-order valence-electron chi connectivity index (χ3n) is 4.19. The highest BCUT2D eigenvalue weighted by atomic mass is 16.2. The Hall–Kier alpha value is -0.545. The number of carbonyl (C=O) groups excluding carboxylic acids is 1. The van der Waals surface area contributed by atoms with E-state index >= 15 is 0 Å². The second-order valence-electron chi connectivity index (χ2n) is 5.61. The molecule has 0 aromatic carbocycles. The Morgan fingerprint density at radius 1 is 1.62 bits per heavy atom. The summed E-state index contributed by atoms with van der Waals surface area (Å²) in [5.41, 5.74) is 6.04. The van der Waals surface area contributed by atoms with Crippen molar-refractivity contribution in [2.24, 2.45) is 11.1 Å². The average Bonchev–Trinajstić information content (AvgIpc) is 2.83. The van der Waals surface area contributed by atoms with Crippen LogP contribution < -0.4 is 5.73 Å². The number of amides is 1. The van der Waals surface area contributed by atoms with Crippen molar-refractivity contribution in [1.82, 2.24) is 4.90 Å². The molecular formula is C11H21BN2O2. The lowest BCUT2D eigenvalue weighted by Gasteiger charge is -2.30. The van der Waals surface area contributed by atoms with E-state index in [9.17, 15) is 9.82 Å². The van der Waals surface area contributed by atoms with E-state index in [1.165, 1.54) is 0 Å². The Morgan fingerprint density at radius 2 is 2.25 bits per heavy atom. The summed E-state index contributed by atoms with van der Waals surface area (Å²) < 4.78 is 0. The van der Waals surface area contributed by atoms with Crippen molar-refractivity contribution in [3.63, 3.8) is 0 Å². The normalized spacial score (nSPS) is 29.0. The van der Waals surface area contributed by atoms with Crippen LogP contribution in [0.25, 0.3) is 0 Å². The molecule has 0 unspecified atom stereocenters. The molecule has 0 bridgehead atoms. The minimum Gasteiger partial charge on any atom is -0.449 e. The first-order valence-electron chi connectivity index (χ1n) is 6.20. The SMILES string of the molecule is CB(O)[C@@H]1CCCN1C(=O)[C@@H](N)C1(C)CC1. The lowest BCUT2D eigenvalue weighted by Crippen LogP contribution is -2.52. The van der Waals surface area contributed by atoms with E-state index in [-0.39, 0.29) is 23.3 Å². The van der Waals surface area contributed by atoms with Gasteiger partial charge in [0.05, 0.1) is 6.04 Å². The summed E-state index contributed by atoms with van der Waals surface area (Å²) in [6.45, 7) is 4.12. The molecule has 16 heavy (non-hydrogen) atoms. The van der Waals surface area contributed by atoms with Crippen LogP contribution in [-0.2, 0) is 4.79 Å². The van der Waals surface area contributed by atoms with Gasteiger partial charge in [-0.1, -0.05) is 13.7 Å². The smallest absolute Gasteiger partial charge is 0.309 e. The lowest BCUT2D eigenvalue weighted by molar-refractivity contribution is -0.133. The molecule has 2 rings (SSSR count). The Labute approximate surface area is 97.3 Å². The predicted octanol–water partition coefficient (Wildman–Crippen LogP) is 0.258. The van der Waals surface area contributed by atoms with Gasteiger partial charge in [0.2, 0.25) is 5.91 Å². The second kappa shape index (κ2) is 4.04. The fourth-order valence-electron chi connectivity index (χ4n) is 2.55. The van der Waals surface area contributed by atoms with Crippen molar-refractivity contribution >= 4 is 12.8 Å². The standard InChI is InChI=1S/C11H21BN2O2/c1-11(5-6-11)9(13)10(15)14-7-3-4-8(14)12(2)16/h8-9,16H,3-7,13H2,1-2H3/t8-,9+/m0/s1. The van der Waals surface area contributed by atoms with Crippen LogP contribution in [0.3, 0.4) is 0 Å². The molecular weight excluding hydrogens is 203 g/mol. The zero-order chi connectivity index (χ0) is 11.9. The molecule has 1 saturated heterocycles. The molecule has 1 aliphatic heterocycles. The Morgan fingerprint density at radius 3 is 2.75 bits per heavy atom. The van der Waals surface area contributed by atoms with Gasteiger partial charge in [-0.2, -0.15) is 0 Å². The van der Waals surface area contributed by atoms with Crippen molar-refractivity contribution in [3.8, 4) is 0 Å². The summed E-state index contributed by atoms with van der Waals surface area (Å²) >= 11 is 0. The van der Waals surface area contributed by atoms with Crippen LogP contribution in [-0.4, -0.2) is 41.3 Å². The molecule has 0 spiro atoms. The molecule has 3 N–H and O–H groups in total. The van der Waals surface area contributed by atoms with Gasteiger partial charge in [-0.15, -0.1) is 0 Å².